The van der Waals surface area contributed by atoms with Crippen LogP contribution in [0.15, 0.2) is 54.4 Å². The number of morpholine rings is 1. The Kier molecular flexibility index (Phi) is 7.82. The number of benzene rings is 2. The predicted molar refractivity (Wildman–Crippen MR) is 172 cm³/mol. The number of allylic oxidation sites excluding steroid dienone is 1. The van der Waals surface area contributed by atoms with E-state index in [9.17, 15) is 4.79 Å². The quantitative estimate of drug-likeness (QED) is 0.258. The molecule has 0 atom stereocenters. The summed E-state index contributed by atoms with van der Waals surface area (Å²) in [5.74, 6) is 0.791. The van der Waals surface area contributed by atoms with Gasteiger partial charge in [-0.3, -0.25) is 9.78 Å². The third-order valence-electron chi connectivity index (χ3n) is 7.98. The van der Waals surface area contributed by atoms with Gasteiger partial charge < -0.3 is 24.8 Å². The summed E-state index contributed by atoms with van der Waals surface area (Å²) in [6, 6.07) is 11.1. The molecule has 11 heteroatoms. The molecule has 2 aromatic heterocycles. The molecule has 44 heavy (non-hydrogen) atoms. The topological polar surface area (TPSA) is 105 Å². The van der Waals surface area contributed by atoms with Gasteiger partial charge in [0.2, 0.25) is 0 Å². The van der Waals surface area contributed by atoms with Gasteiger partial charge in [0.05, 0.1) is 31.5 Å². The third-order valence-corrected chi connectivity index (χ3v) is 8.41. The van der Waals surface area contributed by atoms with Crippen molar-refractivity contribution >= 4 is 34.8 Å². The molecule has 2 aromatic carbocycles. The van der Waals surface area contributed by atoms with Crippen LogP contribution >= 0.6 is 23.2 Å². The standard InChI is InChI=1S/C33H33Cl2N5O4/c1-18(2)28(36)20-8-19(14-37-15-20)25-13-26-21(9-27(25)42-5)16-44-31-29(32(41)39-6-7-43-17-33(39,3)4)38-40(30(26)31)24-11-22(34)10-23(35)12-24/h8-15H,6-7,16-17,36H2,1-5H3. The van der Waals surface area contributed by atoms with Gasteiger partial charge in [0.15, 0.2) is 11.4 Å². The van der Waals surface area contributed by atoms with Gasteiger partial charge in [0.25, 0.3) is 5.91 Å². The molecule has 6 rings (SSSR count). The molecule has 2 aliphatic heterocycles. The Morgan fingerprint density at radius 3 is 2.48 bits per heavy atom. The second kappa shape index (κ2) is 11.5. The van der Waals surface area contributed by atoms with Crippen molar-refractivity contribution in [1.82, 2.24) is 19.7 Å². The fraction of sp³-hybridized carbons (Fsp3) is 0.303. The molecule has 4 heterocycles. The van der Waals surface area contributed by atoms with Crippen molar-refractivity contribution in [1.29, 1.82) is 0 Å². The van der Waals surface area contributed by atoms with Crippen LogP contribution in [0.1, 0.15) is 49.3 Å². The summed E-state index contributed by atoms with van der Waals surface area (Å²) in [4.78, 5) is 20.4. The summed E-state index contributed by atoms with van der Waals surface area (Å²) in [7, 11) is 1.63. The van der Waals surface area contributed by atoms with Crippen LogP contribution in [-0.2, 0) is 11.3 Å². The molecular formula is C33H33Cl2N5O4. The molecule has 2 aliphatic rings. The highest BCUT2D eigenvalue weighted by atomic mass is 35.5. The number of pyridine rings is 1. The summed E-state index contributed by atoms with van der Waals surface area (Å²) < 4.78 is 19.5. The highest BCUT2D eigenvalue weighted by Crippen LogP contribution is 2.46. The van der Waals surface area contributed by atoms with Gasteiger partial charge in [0.1, 0.15) is 18.1 Å². The molecular weight excluding hydrogens is 601 g/mol. The lowest BCUT2D eigenvalue weighted by atomic mass is 9.94. The molecule has 1 amide bonds. The average molecular weight is 635 g/mol. The highest BCUT2D eigenvalue weighted by molar-refractivity contribution is 6.34. The normalized spacial score (nSPS) is 15.2. The Morgan fingerprint density at radius 1 is 1.05 bits per heavy atom. The number of carbonyl (C=O) groups excluding carboxylic acids is 1. The number of amides is 1. The number of rotatable bonds is 5. The molecule has 1 fully saturated rings. The number of nitrogens with two attached hydrogens (primary N) is 1. The van der Waals surface area contributed by atoms with E-state index in [0.29, 0.717) is 58.4 Å². The van der Waals surface area contributed by atoms with Gasteiger partial charge in [-0.05, 0) is 64.1 Å². The largest absolute Gasteiger partial charge is 0.496 e. The molecule has 0 aliphatic carbocycles. The van der Waals surface area contributed by atoms with Gasteiger partial charge in [-0.25, -0.2) is 4.68 Å². The smallest absolute Gasteiger partial charge is 0.278 e. The summed E-state index contributed by atoms with van der Waals surface area (Å²) in [6.07, 6.45) is 3.52. The van der Waals surface area contributed by atoms with Crippen LogP contribution in [0.4, 0.5) is 0 Å². The van der Waals surface area contributed by atoms with Crippen LogP contribution in [0.25, 0.3) is 33.8 Å². The Hall–Kier alpha value is -4.05. The first-order valence-electron chi connectivity index (χ1n) is 14.2. The molecule has 2 N–H and O–H groups in total. The van der Waals surface area contributed by atoms with Crippen LogP contribution < -0.4 is 15.2 Å². The predicted octanol–water partition coefficient (Wildman–Crippen LogP) is 6.77. The summed E-state index contributed by atoms with van der Waals surface area (Å²) in [6.45, 7) is 9.39. The lowest BCUT2D eigenvalue weighted by Crippen LogP contribution is -2.55. The first-order valence-corrected chi connectivity index (χ1v) is 15.0. The van der Waals surface area contributed by atoms with Crippen LogP contribution in [-0.4, -0.2) is 58.0 Å². The lowest BCUT2D eigenvalue weighted by molar-refractivity contribution is -0.0374. The highest BCUT2D eigenvalue weighted by Gasteiger charge is 2.40. The van der Waals surface area contributed by atoms with Crippen LogP contribution in [0, 0.1) is 0 Å². The number of carbonyl (C=O) groups is 1. The fourth-order valence-corrected chi connectivity index (χ4v) is 6.17. The van der Waals surface area contributed by atoms with E-state index >= 15 is 0 Å². The molecule has 4 aromatic rings. The number of ether oxygens (including phenoxy) is 3. The van der Waals surface area contributed by atoms with Crippen molar-refractivity contribution in [3.8, 4) is 39.6 Å². The second-order valence-corrected chi connectivity index (χ2v) is 12.6. The van der Waals surface area contributed by atoms with E-state index in [-0.39, 0.29) is 18.2 Å². The van der Waals surface area contributed by atoms with Gasteiger partial charge in [-0.1, -0.05) is 28.8 Å². The molecule has 0 saturated carbocycles. The van der Waals surface area contributed by atoms with Crippen molar-refractivity contribution in [3.05, 3.63) is 81.2 Å². The first kappa shape index (κ1) is 30.0. The number of hydrogen-bond donors (Lipinski definition) is 1. The number of fused-ring (bicyclic) bond motifs is 3. The van der Waals surface area contributed by atoms with Crippen molar-refractivity contribution in [2.45, 2.75) is 39.8 Å². The SMILES string of the molecule is COc1cc2c(cc1-c1cncc(C(N)=C(C)C)c1)-c1c(c(C(=O)N3CCOCC3(C)C)nn1-c1cc(Cl)cc(Cl)c1)OC2. The molecule has 0 bridgehead atoms. The third kappa shape index (κ3) is 5.29. The Labute approximate surface area is 266 Å². The number of methoxy groups -OCH3 is 1. The summed E-state index contributed by atoms with van der Waals surface area (Å²) >= 11 is 12.9. The maximum Gasteiger partial charge on any atom is 0.278 e. The number of halogens is 2. The minimum atomic E-state index is -0.524. The molecule has 0 radical (unpaired) electrons. The molecule has 0 unspecified atom stereocenters. The molecule has 1 saturated heterocycles. The van der Waals surface area contributed by atoms with E-state index in [1.54, 1.807) is 47.3 Å². The summed E-state index contributed by atoms with van der Waals surface area (Å²) in [5, 5.41) is 5.73. The van der Waals surface area contributed by atoms with Crippen LogP contribution in [0.2, 0.25) is 10.0 Å². The minimum Gasteiger partial charge on any atom is -0.496 e. The average Bonchev–Trinajstić information content (AvgIpc) is 3.39. The minimum absolute atomic E-state index is 0.203. The number of aromatic nitrogens is 3. The maximum absolute atomic E-state index is 14.1. The number of hydrogen-bond acceptors (Lipinski definition) is 7. The van der Waals surface area contributed by atoms with Crippen molar-refractivity contribution in [2.24, 2.45) is 5.73 Å². The zero-order chi connectivity index (χ0) is 31.3. The lowest BCUT2D eigenvalue weighted by Gasteiger charge is -2.41. The number of nitrogens with zero attached hydrogens (tertiary/aromatic N) is 4. The van der Waals surface area contributed by atoms with E-state index in [1.807, 2.05) is 45.9 Å². The molecule has 0 spiro atoms. The van der Waals surface area contributed by atoms with E-state index in [1.165, 1.54) is 0 Å². The van der Waals surface area contributed by atoms with E-state index in [2.05, 4.69) is 4.98 Å². The van der Waals surface area contributed by atoms with Gasteiger partial charge >= 0.3 is 0 Å². The van der Waals surface area contributed by atoms with Crippen molar-refractivity contribution in [3.63, 3.8) is 0 Å². The zero-order valence-electron chi connectivity index (χ0n) is 25.2. The first-order chi connectivity index (χ1) is 21.0. The van der Waals surface area contributed by atoms with Gasteiger partial charge in [-0.2, -0.15) is 5.10 Å². The van der Waals surface area contributed by atoms with E-state index in [4.69, 9.17) is 48.2 Å². The monoisotopic (exact) mass is 633 g/mol. The van der Waals surface area contributed by atoms with Crippen LogP contribution in [0.5, 0.6) is 11.5 Å². The second-order valence-electron chi connectivity index (χ2n) is 11.8. The van der Waals surface area contributed by atoms with Crippen LogP contribution in [0.3, 0.4) is 0 Å². The Bertz CT molecular complexity index is 1810. The Morgan fingerprint density at radius 2 is 1.80 bits per heavy atom. The van der Waals surface area contributed by atoms with Crippen molar-refractivity contribution < 1.29 is 19.0 Å². The van der Waals surface area contributed by atoms with Gasteiger partial charge in [-0.15, -0.1) is 0 Å². The maximum atomic E-state index is 14.1. The van der Waals surface area contributed by atoms with Gasteiger partial charge in [0, 0.05) is 62.5 Å². The summed E-state index contributed by atoms with van der Waals surface area (Å²) in [5.41, 5.74) is 13.0. The molecule has 9 nitrogen and oxygen atoms in total. The van der Waals surface area contributed by atoms with E-state index in [0.717, 1.165) is 33.4 Å². The Balaban J connectivity index is 1.58. The molecule has 228 valence electrons. The fourth-order valence-electron chi connectivity index (χ4n) is 5.66. The van der Waals surface area contributed by atoms with Crippen molar-refractivity contribution in [2.75, 3.05) is 26.9 Å². The zero-order valence-corrected chi connectivity index (χ0v) is 26.7. The van der Waals surface area contributed by atoms with E-state index < -0.39 is 5.54 Å².